The molecule has 0 aliphatic carbocycles. The van der Waals surface area contributed by atoms with E-state index in [0.29, 0.717) is 15.7 Å². The van der Waals surface area contributed by atoms with Gasteiger partial charge in [-0.15, -0.1) is 0 Å². The first-order valence-corrected chi connectivity index (χ1v) is 5.11. The van der Waals surface area contributed by atoms with E-state index in [-0.39, 0.29) is 5.91 Å². The molecule has 1 N–H and O–H groups in total. The zero-order valence-electron chi connectivity index (χ0n) is 8.41. The fraction of sp³-hybridized carbons (Fsp3) is 0.200. The Morgan fingerprint density at radius 1 is 1.25 bits per heavy atom. The maximum atomic E-state index is 11.3. The molecule has 0 aliphatic rings. The highest BCUT2D eigenvalue weighted by Gasteiger charge is 2.15. The minimum absolute atomic E-state index is 0.346. The van der Waals surface area contributed by atoms with Crippen molar-refractivity contribution in [1.82, 2.24) is 0 Å². The van der Waals surface area contributed by atoms with Crippen molar-refractivity contribution < 1.29 is 14.7 Å². The number of nitrogens with zero attached hydrogens (tertiary/aromatic N) is 1. The molecule has 0 radical (unpaired) electrons. The predicted octanol–water partition coefficient (Wildman–Crippen LogP) is 2.43. The van der Waals surface area contributed by atoms with Crippen LogP contribution in [0.25, 0.3) is 0 Å². The lowest BCUT2D eigenvalue weighted by atomic mass is 10.3. The van der Waals surface area contributed by atoms with Gasteiger partial charge in [0.2, 0.25) is 5.91 Å². The van der Waals surface area contributed by atoms with Gasteiger partial charge in [-0.05, 0) is 18.2 Å². The predicted molar refractivity (Wildman–Crippen MR) is 62.1 cm³/mol. The van der Waals surface area contributed by atoms with Crippen molar-refractivity contribution in [2.75, 3.05) is 11.4 Å². The molecule has 0 atom stereocenters. The standard InChI is InChI=1S/C10H9Cl2NO3/c1-6(14)13(5-10(15)16)9-3-7(11)2-8(12)4-9/h2-4H,5H2,1H3,(H,15,16). The molecule has 0 saturated carbocycles. The highest BCUT2D eigenvalue weighted by atomic mass is 35.5. The van der Waals surface area contributed by atoms with Crippen LogP contribution in [0, 0.1) is 0 Å². The number of halogens is 2. The second-order valence-corrected chi connectivity index (χ2v) is 4.00. The summed E-state index contributed by atoms with van der Waals surface area (Å²) >= 11 is 11.5. The van der Waals surface area contributed by atoms with E-state index in [1.54, 1.807) is 0 Å². The number of carboxylic acids is 1. The third-order valence-electron chi connectivity index (χ3n) is 1.83. The van der Waals surface area contributed by atoms with Crippen LogP contribution in [-0.2, 0) is 9.59 Å². The van der Waals surface area contributed by atoms with E-state index in [0.717, 1.165) is 4.90 Å². The summed E-state index contributed by atoms with van der Waals surface area (Å²) in [4.78, 5) is 23.0. The van der Waals surface area contributed by atoms with E-state index in [2.05, 4.69) is 0 Å². The second-order valence-electron chi connectivity index (χ2n) is 3.13. The van der Waals surface area contributed by atoms with Gasteiger partial charge < -0.3 is 10.0 Å². The Kier molecular flexibility index (Phi) is 4.15. The first kappa shape index (κ1) is 12.8. The summed E-state index contributed by atoms with van der Waals surface area (Å²) in [5.41, 5.74) is 0.368. The summed E-state index contributed by atoms with van der Waals surface area (Å²) in [5.74, 6) is -1.49. The molecule has 4 nitrogen and oxygen atoms in total. The molecule has 1 amide bonds. The molecule has 0 aliphatic heterocycles. The average Bonchev–Trinajstić information content (AvgIpc) is 2.11. The number of carbonyl (C=O) groups is 2. The Balaban J connectivity index is 3.10. The van der Waals surface area contributed by atoms with Gasteiger partial charge in [0.15, 0.2) is 0 Å². The molecule has 0 fully saturated rings. The summed E-state index contributed by atoms with van der Waals surface area (Å²) in [6.45, 7) is 0.851. The smallest absolute Gasteiger partial charge is 0.323 e. The number of carboxylic acid groups (broad SMARTS) is 1. The van der Waals surface area contributed by atoms with Gasteiger partial charge in [0.25, 0.3) is 0 Å². The van der Waals surface area contributed by atoms with Gasteiger partial charge in [-0.3, -0.25) is 9.59 Å². The Hall–Kier alpha value is -1.26. The van der Waals surface area contributed by atoms with Crippen LogP contribution in [0.5, 0.6) is 0 Å². The summed E-state index contributed by atoms with van der Waals surface area (Å²) in [6.07, 6.45) is 0. The van der Waals surface area contributed by atoms with Crippen LogP contribution in [0.1, 0.15) is 6.92 Å². The van der Waals surface area contributed by atoms with Crippen molar-refractivity contribution in [2.45, 2.75) is 6.92 Å². The Morgan fingerprint density at radius 2 is 1.75 bits per heavy atom. The average molecular weight is 262 g/mol. The number of carbonyl (C=O) groups excluding carboxylic acids is 1. The van der Waals surface area contributed by atoms with Gasteiger partial charge in [-0.2, -0.15) is 0 Å². The zero-order chi connectivity index (χ0) is 12.3. The number of anilines is 1. The topological polar surface area (TPSA) is 57.6 Å². The summed E-state index contributed by atoms with van der Waals surface area (Å²) in [7, 11) is 0. The summed E-state index contributed by atoms with van der Waals surface area (Å²) in [5, 5.41) is 9.37. The number of aliphatic carboxylic acids is 1. The lowest BCUT2D eigenvalue weighted by Gasteiger charge is -2.19. The first-order chi connectivity index (χ1) is 7.40. The fourth-order valence-electron chi connectivity index (χ4n) is 1.21. The highest BCUT2D eigenvalue weighted by molar-refractivity contribution is 6.35. The van der Waals surface area contributed by atoms with Crippen LogP contribution in [0.3, 0.4) is 0 Å². The molecule has 1 aromatic carbocycles. The van der Waals surface area contributed by atoms with Gasteiger partial charge >= 0.3 is 5.97 Å². The van der Waals surface area contributed by atoms with E-state index in [1.807, 2.05) is 0 Å². The van der Waals surface area contributed by atoms with Crippen LogP contribution < -0.4 is 4.90 Å². The molecule has 0 unspecified atom stereocenters. The normalized spacial score (nSPS) is 9.94. The SMILES string of the molecule is CC(=O)N(CC(=O)O)c1cc(Cl)cc(Cl)c1. The lowest BCUT2D eigenvalue weighted by molar-refractivity contribution is -0.136. The fourth-order valence-corrected chi connectivity index (χ4v) is 1.73. The Bertz CT molecular complexity index is 414. The molecule has 1 aromatic rings. The molecule has 0 aromatic heterocycles. The van der Waals surface area contributed by atoms with Gasteiger partial charge in [0.05, 0.1) is 0 Å². The number of amides is 1. The van der Waals surface area contributed by atoms with Crippen molar-refractivity contribution in [3.8, 4) is 0 Å². The van der Waals surface area contributed by atoms with E-state index in [1.165, 1.54) is 25.1 Å². The highest BCUT2D eigenvalue weighted by Crippen LogP contribution is 2.25. The molecule has 16 heavy (non-hydrogen) atoms. The molecule has 0 heterocycles. The molecule has 0 spiro atoms. The Labute approximate surface area is 102 Å². The molecular formula is C10H9Cl2NO3. The molecule has 0 saturated heterocycles. The van der Waals surface area contributed by atoms with Crippen LogP contribution >= 0.6 is 23.2 Å². The largest absolute Gasteiger partial charge is 0.480 e. The third-order valence-corrected chi connectivity index (χ3v) is 2.27. The van der Waals surface area contributed by atoms with E-state index < -0.39 is 12.5 Å². The molecule has 6 heteroatoms. The van der Waals surface area contributed by atoms with Crippen LogP contribution in [-0.4, -0.2) is 23.5 Å². The van der Waals surface area contributed by atoms with Crippen LogP contribution in [0.15, 0.2) is 18.2 Å². The number of hydrogen-bond acceptors (Lipinski definition) is 2. The minimum Gasteiger partial charge on any atom is -0.480 e. The molecule has 0 bridgehead atoms. The van der Waals surface area contributed by atoms with Gasteiger partial charge in [-0.1, -0.05) is 23.2 Å². The maximum absolute atomic E-state index is 11.3. The number of hydrogen-bond donors (Lipinski definition) is 1. The Morgan fingerprint density at radius 3 is 2.12 bits per heavy atom. The van der Waals surface area contributed by atoms with Crippen molar-refractivity contribution in [1.29, 1.82) is 0 Å². The maximum Gasteiger partial charge on any atom is 0.323 e. The van der Waals surface area contributed by atoms with E-state index in [4.69, 9.17) is 28.3 Å². The lowest BCUT2D eigenvalue weighted by Crippen LogP contribution is -2.33. The van der Waals surface area contributed by atoms with Crippen LogP contribution in [0.2, 0.25) is 10.0 Å². The van der Waals surface area contributed by atoms with Crippen molar-refractivity contribution in [3.05, 3.63) is 28.2 Å². The van der Waals surface area contributed by atoms with Gasteiger partial charge in [-0.25, -0.2) is 0 Å². The van der Waals surface area contributed by atoms with E-state index >= 15 is 0 Å². The molecule has 86 valence electrons. The van der Waals surface area contributed by atoms with Crippen molar-refractivity contribution >= 4 is 40.8 Å². The van der Waals surface area contributed by atoms with E-state index in [9.17, 15) is 9.59 Å². The van der Waals surface area contributed by atoms with Crippen molar-refractivity contribution in [2.24, 2.45) is 0 Å². The third kappa shape index (κ3) is 3.40. The van der Waals surface area contributed by atoms with Crippen LogP contribution in [0.4, 0.5) is 5.69 Å². The summed E-state index contributed by atoms with van der Waals surface area (Å²) < 4.78 is 0. The number of benzene rings is 1. The number of rotatable bonds is 3. The first-order valence-electron chi connectivity index (χ1n) is 4.36. The molecular weight excluding hydrogens is 253 g/mol. The van der Waals surface area contributed by atoms with Gasteiger partial charge in [0.1, 0.15) is 6.54 Å². The molecule has 1 rings (SSSR count). The quantitative estimate of drug-likeness (QED) is 0.910. The zero-order valence-corrected chi connectivity index (χ0v) is 9.92. The van der Waals surface area contributed by atoms with Gasteiger partial charge in [0, 0.05) is 22.7 Å². The summed E-state index contributed by atoms with van der Waals surface area (Å²) in [6, 6.07) is 4.47. The monoisotopic (exact) mass is 261 g/mol. The second kappa shape index (κ2) is 5.18. The van der Waals surface area contributed by atoms with Crippen molar-refractivity contribution in [3.63, 3.8) is 0 Å². The minimum atomic E-state index is -1.11.